The van der Waals surface area contributed by atoms with E-state index in [-0.39, 0.29) is 11.8 Å². The Bertz CT molecular complexity index is 477. The van der Waals surface area contributed by atoms with Crippen LogP contribution in [0.15, 0.2) is 0 Å². The van der Waals surface area contributed by atoms with Gasteiger partial charge in [0.25, 0.3) is 0 Å². The van der Waals surface area contributed by atoms with Crippen molar-refractivity contribution < 1.29 is 9.59 Å². The van der Waals surface area contributed by atoms with Crippen LogP contribution in [0, 0.1) is 0 Å². The molecule has 0 saturated carbocycles. The smallest absolute Gasteiger partial charge is 0.220 e. The minimum absolute atomic E-state index is 0.125. The largest absolute Gasteiger partial charge is 0.354 e. The number of carbonyl (C=O) groups is 2. The molecule has 0 unspecified atom stereocenters. The molecule has 0 saturated heterocycles. The van der Waals surface area contributed by atoms with E-state index in [1.807, 2.05) is 0 Å². The predicted octanol–water partition coefficient (Wildman–Crippen LogP) is 11.0. The van der Waals surface area contributed by atoms with Gasteiger partial charge in [0.2, 0.25) is 11.8 Å². The summed E-state index contributed by atoms with van der Waals surface area (Å²) in [5.74, 6) is 0.250. The van der Waals surface area contributed by atoms with Gasteiger partial charge in [-0.25, -0.2) is 0 Å². The number of nitrogens with one attached hydrogen (secondary N) is 2. The Balaban J connectivity index is 3.26. The molecule has 40 heavy (non-hydrogen) atoms. The minimum atomic E-state index is 0.125. The quantitative estimate of drug-likeness (QED) is 0.0779. The molecule has 4 heteroatoms. The van der Waals surface area contributed by atoms with E-state index in [0.717, 1.165) is 25.7 Å². The SMILES string of the molecule is CCCCCCCCCCCCCCCCC(=O)NCCNC(=O)CCCCCCCCCCCCCCCC. The summed E-state index contributed by atoms with van der Waals surface area (Å²) in [6, 6.07) is 0. The Morgan fingerprint density at radius 2 is 0.525 bits per heavy atom. The number of unbranched alkanes of at least 4 members (excludes halogenated alkanes) is 26. The van der Waals surface area contributed by atoms with Crippen LogP contribution in [0.2, 0.25) is 0 Å². The molecular formula is C36H72N2O2. The van der Waals surface area contributed by atoms with Gasteiger partial charge >= 0.3 is 0 Å². The molecule has 0 spiro atoms. The Labute approximate surface area is 251 Å². The summed E-state index contributed by atoms with van der Waals surface area (Å²) in [5.41, 5.74) is 0. The first-order valence-corrected chi connectivity index (χ1v) is 18.2. The molecule has 2 amide bonds. The molecule has 0 aromatic carbocycles. The van der Waals surface area contributed by atoms with Crippen molar-refractivity contribution in [1.29, 1.82) is 0 Å². The van der Waals surface area contributed by atoms with Gasteiger partial charge in [-0.15, -0.1) is 0 Å². The van der Waals surface area contributed by atoms with Crippen molar-refractivity contribution in [3.05, 3.63) is 0 Å². The Kier molecular flexibility index (Phi) is 33.2. The summed E-state index contributed by atoms with van der Waals surface area (Å²) in [4.78, 5) is 24.0. The topological polar surface area (TPSA) is 58.2 Å². The van der Waals surface area contributed by atoms with Crippen LogP contribution in [-0.2, 0) is 9.59 Å². The zero-order valence-electron chi connectivity index (χ0n) is 27.4. The van der Waals surface area contributed by atoms with Gasteiger partial charge in [0.15, 0.2) is 0 Å². The molecule has 0 aliphatic rings. The lowest BCUT2D eigenvalue weighted by Gasteiger charge is -2.07. The van der Waals surface area contributed by atoms with E-state index in [1.165, 1.54) is 154 Å². The number of carbonyl (C=O) groups excluding carboxylic acids is 2. The summed E-state index contributed by atoms with van der Waals surface area (Å²) in [6.45, 7) is 5.64. The molecule has 0 atom stereocenters. The summed E-state index contributed by atoms with van der Waals surface area (Å²) in [7, 11) is 0. The highest BCUT2D eigenvalue weighted by Gasteiger charge is 2.03. The normalized spacial score (nSPS) is 11.2. The highest BCUT2D eigenvalue weighted by Crippen LogP contribution is 2.14. The summed E-state index contributed by atoms with van der Waals surface area (Å²) >= 11 is 0. The maximum atomic E-state index is 12.0. The van der Waals surface area contributed by atoms with Crippen LogP contribution in [0.4, 0.5) is 0 Å². The van der Waals surface area contributed by atoms with Gasteiger partial charge in [0.1, 0.15) is 0 Å². The molecule has 0 aliphatic carbocycles. The average Bonchev–Trinajstić information content (AvgIpc) is 2.95. The minimum Gasteiger partial charge on any atom is -0.354 e. The van der Waals surface area contributed by atoms with Crippen molar-refractivity contribution in [2.24, 2.45) is 0 Å². The highest BCUT2D eigenvalue weighted by molar-refractivity contribution is 5.77. The lowest BCUT2D eigenvalue weighted by molar-refractivity contribution is -0.123. The first kappa shape index (κ1) is 38.9. The number of rotatable bonds is 33. The average molecular weight is 565 g/mol. The first-order valence-electron chi connectivity index (χ1n) is 18.2. The molecule has 0 bridgehead atoms. The summed E-state index contributed by atoms with van der Waals surface area (Å²) < 4.78 is 0. The van der Waals surface area contributed by atoms with E-state index in [4.69, 9.17) is 0 Å². The van der Waals surface area contributed by atoms with Gasteiger partial charge in [-0.05, 0) is 12.8 Å². The lowest BCUT2D eigenvalue weighted by Crippen LogP contribution is -2.34. The monoisotopic (exact) mass is 565 g/mol. The Morgan fingerprint density at radius 3 is 0.750 bits per heavy atom. The fourth-order valence-corrected chi connectivity index (χ4v) is 5.54. The molecule has 0 fully saturated rings. The molecule has 238 valence electrons. The Hall–Kier alpha value is -1.06. The number of hydrogen-bond acceptors (Lipinski definition) is 2. The van der Waals surface area contributed by atoms with Crippen molar-refractivity contribution in [1.82, 2.24) is 10.6 Å². The molecule has 0 heterocycles. The maximum Gasteiger partial charge on any atom is 0.220 e. The van der Waals surface area contributed by atoms with Crippen LogP contribution >= 0.6 is 0 Å². The van der Waals surface area contributed by atoms with E-state index < -0.39 is 0 Å². The lowest BCUT2D eigenvalue weighted by atomic mass is 10.0. The fourth-order valence-electron chi connectivity index (χ4n) is 5.54. The van der Waals surface area contributed by atoms with Crippen molar-refractivity contribution >= 4 is 11.8 Å². The van der Waals surface area contributed by atoms with Crippen LogP contribution in [-0.4, -0.2) is 24.9 Å². The van der Waals surface area contributed by atoms with Crippen LogP contribution in [0.3, 0.4) is 0 Å². The van der Waals surface area contributed by atoms with E-state index in [1.54, 1.807) is 0 Å². The van der Waals surface area contributed by atoms with Crippen molar-refractivity contribution in [2.75, 3.05) is 13.1 Å². The predicted molar refractivity (Wildman–Crippen MR) is 176 cm³/mol. The first-order chi connectivity index (χ1) is 19.7. The molecule has 4 nitrogen and oxygen atoms in total. The third-order valence-electron chi connectivity index (χ3n) is 8.28. The van der Waals surface area contributed by atoms with Gasteiger partial charge in [0.05, 0.1) is 0 Å². The molecule has 0 aromatic heterocycles. The van der Waals surface area contributed by atoms with E-state index >= 15 is 0 Å². The second-order valence-corrected chi connectivity index (χ2v) is 12.4. The van der Waals surface area contributed by atoms with Gasteiger partial charge in [0, 0.05) is 25.9 Å². The summed E-state index contributed by atoms with van der Waals surface area (Å²) in [6.07, 6.45) is 38.5. The molecule has 0 radical (unpaired) electrons. The van der Waals surface area contributed by atoms with Gasteiger partial charge in [-0.2, -0.15) is 0 Å². The number of hydrogen-bond donors (Lipinski definition) is 2. The molecule has 0 rings (SSSR count). The van der Waals surface area contributed by atoms with Crippen molar-refractivity contribution in [3.63, 3.8) is 0 Å². The van der Waals surface area contributed by atoms with Crippen molar-refractivity contribution in [2.45, 2.75) is 206 Å². The highest BCUT2D eigenvalue weighted by atomic mass is 16.2. The van der Waals surface area contributed by atoms with Crippen molar-refractivity contribution in [3.8, 4) is 0 Å². The zero-order valence-corrected chi connectivity index (χ0v) is 27.4. The van der Waals surface area contributed by atoms with Gasteiger partial charge in [-0.1, -0.05) is 181 Å². The molecular weight excluding hydrogens is 492 g/mol. The second-order valence-electron chi connectivity index (χ2n) is 12.4. The fraction of sp³-hybridized carbons (Fsp3) is 0.944. The summed E-state index contributed by atoms with van der Waals surface area (Å²) in [5, 5.41) is 5.90. The van der Waals surface area contributed by atoms with Crippen LogP contribution in [0.25, 0.3) is 0 Å². The molecule has 2 N–H and O–H groups in total. The van der Waals surface area contributed by atoms with Crippen LogP contribution in [0.1, 0.15) is 206 Å². The van der Waals surface area contributed by atoms with Crippen LogP contribution in [0.5, 0.6) is 0 Å². The van der Waals surface area contributed by atoms with E-state index in [9.17, 15) is 9.59 Å². The van der Waals surface area contributed by atoms with Crippen LogP contribution < -0.4 is 10.6 Å². The third kappa shape index (κ3) is 33.1. The maximum absolute atomic E-state index is 12.0. The Morgan fingerprint density at radius 1 is 0.325 bits per heavy atom. The van der Waals surface area contributed by atoms with E-state index in [0.29, 0.717) is 25.9 Å². The molecule has 0 aromatic rings. The standard InChI is InChI=1S/C36H72N2O2/c1-3-5-7-9-11-13-15-17-19-21-23-25-27-29-31-35(39)37-33-34-38-36(40)32-30-28-26-24-22-20-18-16-14-12-10-8-6-4-2/h3-34H2,1-2H3,(H,37,39)(H,38,40). The molecule has 0 aliphatic heterocycles. The second kappa shape index (κ2) is 34.1. The van der Waals surface area contributed by atoms with E-state index in [2.05, 4.69) is 24.5 Å². The van der Waals surface area contributed by atoms with Gasteiger partial charge < -0.3 is 10.6 Å². The number of amides is 2. The third-order valence-corrected chi connectivity index (χ3v) is 8.28. The van der Waals surface area contributed by atoms with Gasteiger partial charge in [-0.3, -0.25) is 9.59 Å². The zero-order chi connectivity index (χ0) is 29.2.